The van der Waals surface area contributed by atoms with Gasteiger partial charge in [0.2, 0.25) is 0 Å². The van der Waals surface area contributed by atoms with Gasteiger partial charge in [0.05, 0.1) is 11.5 Å². The molecule has 0 radical (unpaired) electrons. The Bertz CT molecular complexity index is 219. The second-order valence-corrected chi connectivity index (χ2v) is 5.32. The first-order valence-electron chi connectivity index (χ1n) is 6.30. The fraction of sp³-hybridized carbons (Fsp3) is 0.846. The van der Waals surface area contributed by atoms with Gasteiger partial charge in [0, 0.05) is 6.61 Å². The third-order valence-electron chi connectivity index (χ3n) is 3.46. The number of allylic oxidation sites excluding steroid dienone is 2. The van der Waals surface area contributed by atoms with Crippen LogP contribution in [0, 0.1) is 0 Å². The van der Waals surface area contributed by atoms with Gasteiger partial charge in [0.15, 0.2) is 0 Å². The van der Waals surface area contributed by atoms with E-state index in [4.69, 9.17) is 16.3 Å². The van der Waals surface area contributed by atoms with Crippen LogP contribution >= 0.6 is 11.6 Å². The molecule has 0 aromatic rings. The van der Waals surface area contributed by atoms with Crippen LogP contribution in [0.5, 0.6) is 0 Å². The lowest BCUT2D eigenvalue weighted by Gasteiger charge is -2.11. The van der Waals surface area contributed by atoms with Crippen LogP contribution in [-0.2, 0) is 4.74 Å². The first-order chi connectivity index (χ1) is 7.34. The molecule has 1 saturated heterocycles. The van der Waals surface area contributed by atoms with Gasteiger partial charge in [-0.1, -0.05) is 18.1 Å². The normalized spacial score (nSPS) is 32.5. The van der Waals surface area contributed by atoms with Crippen LogP contribution in [0.3, 0.4) is 0 Å². The molecule has 1 nitrogen and oxygen atoms in total. The first kappa shape index (κ1) is 11.5. The quantitative estimate of drug-likeness (QED) is 0.523. The molecule has 0 aromatic heterocycles. The molecule has 1 aliphatic heterocycles. The van der Waals surface area contributed by atoms with E-state index in [1.54, 1.807) is 5.57 Å². The highest BCUT2D eigenvalue weighted by Gasteiger charge is 2.16. The lowest BCUT2D eigenvalue weighted by molar-refractivity contribution is 0.104. The maximum atomic E-state index is 6.20. The van der Waals surface area contributed by atoms with Gasteiger partial charge in [0.25, 0.3) is 0 Å². The molecule has 2 aliphatic rings. The smallest absolute Gasteiger partial charge is 0.0579 e. The molecule has 0 spiro atoms. The van der Waals surface area contributed by atoms with Crippen LogP contribution in [-0.4, -0.2) is 18.1 Å². The van der Waals surface area contributed by atoms with Crippen molar-refractivity contribution in [1.82, 2.24) is 0 Å². The van der Waals surface area contributed by atoms with E-state index < -0.39 is 0 Å². The monoisotopic (exact) mass is 228 g/mol. The summed E-state index contributed by atoms with van der Waals surface area (Å²) in [5.41, 5.74) is 1.57. The molecular formula is C13H21ClO. The first-order valence-corrected chi connectivity index (χ1v) is 6.73. The fourth-order valence-electron chi connectivity index (χ4n) is 2.54. The maximum Gasteiger partial charge on any atom is 0.0579 e. The molecular weight excluding hydrogens is 208 g/mol. The van der Waals surface area contributed by atoms with Crippen molar-refractivity contribution in [3.05, 3.63) is 11.6 Å². The van der Waals surface area contributed by atoms with E-state index in [2.05, 4.69) is 6.08 Å². The minimum absolute atomic E-state index is 0.284. The summed E-state index contributed by atoms with van der Waals surface area (Å²) in [6, 6.07) is 0. The van der Waals surface area contributed by atoms with E-state index in [0.29, 0.717) is 6.10 Å². The van der Waals surface area contributed by atoms with Crippen molar-refractivity contribution < 1.29 is 4.74 Å². The van der Waals surface area contributed by atoms with E-state index >= 15 is 0 Å². The van der Waals surface area contributed by atoms with Crippen LogP contribution in [0.1, 0.15) is 51.4 Å². The summed E-state index contributed by atoms with van der Waals surface area (Å²) in [5.74, 6) is 0. The number of hydrogen-bond acceptors (Lipinski definition) is 1. The van der Waals surface area contributed by atoms with Crippen molar-refractivity contribution >= 4 is 11.6 Å². The van der Waals surface area contributed by atoms with Crippen LogP contribution in [0.15, 0.2) is 11.6 Å². The third kappa shape index (κ3) is 3.81. The topological polar surface area (TPSA) is 9.23 Å². The Labute approximate surface area is 97.8 Å². The summed E-state index contributed by atoms with van der Waals surface area (Å²) in [7, 11) is 0. The van der Waals surface area contributed by atoms with Crippen molar-refractivity contribution in [3.63, 3.8) is 0 Å². The summed E-state index contributed by atoms with van der Waals surface area (Å²) in [6.45, 7) is 0.974. The van der Waals surface area contributed by atoms with E-state index in [-0.39, 0.29) is 5.38 Å². The Balaban J connectivity index is 1.76. The summed E-state index contributed by atoms with van der Waals surface area (Å²) in [6.07, 6.45) is 12.8. The Morgan fingerprint density at radius 2 is 2.20 bits per heavy atom. The van der Waals surface area contributed by atoms with Gasteiger partial charge >= 0.3 is 0 Å². The molecule has 1 fully saturated rings. The van der Waals surface area contributed by atoms with E-state index in [1.807, 2.05) is 0 Å². The van der Waals surface area contributed by atoms with Gasteiger partial charge in [-0.25, -0.2) is 0 Å². The third-order valence-corrected chi connectivity index (χ3v) is 3.80. The van der Waals surface area contributed by atoms with Crippen molar-refractivity contribution in [2.45, 2.75) is 62.8 Å². The van der Waals surface area contributed by atoms with Crippen molar-refractivity contribution in [1.29, 1.82) is 0 Å². The summed E-state index contributed by atoms with van der Waals surface area (Å²) < 4.78 is 5.64. The number of alkyl halides is 1. The van der Waals surface area contributed by atoms with Gasteiger partial charge in [-0.15, -0.1) is 11.6 Å². The lowest BCUT2D eigenvalue weighted by Crippen LogP contribution is -2.05. The molecule has 2 rings (SSSR count). The van der Waals surface area contributed by atoms with E-state index in [9.17, 15) is 0 Å². The van der Waals surface area contributed by atoms with E-state index in [1.165, 1.54) is 44.9 Å². The van der Waals surface area contributed by atoms with Crippen molar-refractivity contribution in [2.75, 3.05) is 6.61 Å². The van der Waals surface area contributed by atoms with Crippen LogP contribution in [0.2, 0.25) is 0 Å². The van der Waals surface area contributed by atoms with Crippen molar-refractivity contribution in [3.8, 4) is 0 Å². The number of hydrogen-bond donors (Lipinski definition) is 0. The lowest BCUT2D eigenvalue weighted by atomic mass is 10.0. The highest BCUT2D eigenvalue weighted by molar-refractivity contribution is 6.21. The highest BCUT2D eigenvalue weighted by atomic mass is 35.5. The van der Waals surface area contributed by atoms with E-state index in [0.717, 1.165) is 13.0 Å². The predicted molar refractivity (Wildman–Crippen MR) is 64.4 cm³/mol. The molecule has 1 aliphatic carbocycles. The zero-order valence-corrected chi connectivity index (χ0v) is 10.1. The maximum absolute atomic E-state index is 6.20. The standard InChI is InChI=1S/C13H21ClO/c14-12-5-2-1-4-11(10-12)7-8-13-6-3-9-15-13/h10,12-13H,1-9H2. The molecule has 0 bridgehead atoms. The Morgan fingerprint density at radius 1 is 1.27 bits per heavy atom. The molecule has 0 saturated carbocycles. The van der Waals surface area contributed by atoms with Gasteiger partial charge in [0.1, 0.15) is 0 Å². The van der Waals surface area contributed by atoms with Gasteiger partial charge < -0.3 is 4.74 Å². The second-order valence-electron chi connectivity index (χ2n) is 4.76. The fourth-order valence-corrected chi connectivity index (χ4v) is 2.87. The minimum atomic E-state index is 0.284. The Morgan fingerprint density at radius 3 is 3.00 bits per heavy atom. The van der Waals surface area contributed by atoms with Crippen LogP contribution in [0.25, 0.3) is 0 Å². The van der Waals surface area contributed by atoms with Gasteiger partial charge in [-0.3, -0.25) is 0 Å². The van der Waals surface area contributed by atoms with Gasteiger partial charge in [-0.2, -0.15) is 0 Å². The van der Waals surface area contributed by atoms with Gasteiger partial charge in [-0.05, 0) is 44.9 Å². The zero-order valence-electron chi connectivity index (χ0n) is 9.38. The molecule has 0 amide bonds. The largest absolute Gasteiger partial charge is 0.378 e. The average molecular weight is 229 g/mol. The van der Waals surface area contributed by atoms with Crippen LogP contribution in [0.4, 0.5) is 0 Å². The molecule has 0 N–H and O–H groups in total. The summed E-state index contributed by atoms with van der Waals surface area (Å²) in [5, 5.41) is 0.284. The van der Waals surface area contributed by atoms with Crippen LogP contribution < -0.4 is 0 Å². The molecule has 1 heterocycles. The minimum Gasteiger partial charge on any atom is -0.378 e. The second kappa shape index (κ2) is 5.91. The molecule has 15 heavy (non-hydrogen) atoms. The number of rotatable bonds is 3. The number of ether oxygens (including phenoxy) is 1. The Hall–Kier alpha value is -0.0100. The predicted octanol–water partition coefficient (Wildman–Crippen LogP) is 4.05. The zero-order chi connectivity index (χ0) is 10.5. The van der Waals surface area contributed by atoms with Crippen molar-refractivity contribution in [2.24, 2.45) is 0 Å². The Kier molecular flexibility index (Phi) is 4.52. The average Bonchev–Trinajstić information content (AvgIpc) is 2.65. The molecule has 0 aromatic carbocycles. The highest BCUT2D eigenvalue weighted by Crippen LogP contribution is 2.26. The molecule has 2 atom stereocenters. The summed E-state index contributed by atoms with van der Waals surface area (Å²) in [4.78, 5) is 0. The molecule has 2 unspecified atom stereocenters. The molecule has 86 valence electrons. The SMILES string of the molecule is ClC1C=C(CCC2CCCO2)CCCC1. The number of halogens is 1. The summed E-state index contributed by atoms with van der Waals surface area (Å²) >= 11 is 6.20. The molecule has 2 heteroatoms.